The number of piperazine rings is 1. The predicted molar refractivity (Wildman–Crippen MR) is 137 cm³/mol. The van der Waals surface area contributed by atoms with Crippen molar-refractivity contribution in [3.8, 4) is 11.5 Å². The molecule has 0 saturated carbocycles. The fraction of sp³-hybridized carbons (Fsp3) is 0.444. The Kier molecular flexibility index (Phi) is 9.69. The number of para-hydroxylation sites is 1. The second kappa shape index (κ2) is 12.9. The lowest BCUT2D eigenvalue weighted by Crippen LogP contribution is -2.51. The van der Waals surface area contributed by atoms with Crippen molar-refractivity contribution in [2.24, 2.45) is 0 Å². The van der Waals surface area contributed by atoms with Crippen LogP contribution in [-0.4, -0.2) is 80.1 Å². The van der Waals surface area contributed by atoms with Crippen LogP contribution in [0.15, 0.2) is 36.4 Å². The Bertz CT molecular complexity index is 1060. The molecule has 2 aromatic carbocycles. The maximum absolute atomic E-state index is 12.6. The van der Waals surface area contributed by atoms with E-state index in [-0.39, 0.29) is 30.5 Å². The molecular weight excluding hydrogens is 462 g/mol. The normalized spacial score (nSPS) is 13.7. The van der Waals surface area contributed by atoms with Crippen LogP contribution >= 0.6 is 0 Å². The zero-order valence-electron chi connectivity index (χ0n) is 21.5. The van der Waals surface area contributed by atoms with Crippen LogP contribution in [0.3, 0.4) is 0 Å². The Morgan fingerprint density at radius 2 is 1.53 bits per heavy atom. The first-order valence-corrected chi connectivity index (χ1v) is 12.2. The Balaban J connectivity index is 1.45. The number of carbonyl (C=O) groups excluding carboxylic acids is 3. The molecule has 2 aromatic rings. The van der Waals surface area contributed by atoms with E-state index in [1.165, 1.54) is 0 Å². The number of ether oxygens (including phenoxy) is 3. The highest BCUT2D eigenvalue weighted by molar-refractivity contribution is 5.94. The molecule has 9 heteroatoms. The van der Waals surface area contributed by atoms with Crippen molar-refractivity contribution < 1.29 is 28.6 Å². The van der Waals surface area contributed by atoms with E-state index in [0.717, 1.165) is 16.8 Å². The van der Waals surface area contributed by atoms with Gasteiger partial charge in [-0.3, -0.25) is 14.5 Å². The van der Waals surface area contributed by atoms with Gasteiger partial charge in [0.2, 0.25) is 5.91 Å². The lowest BCUT2D eigenvalue weighted by Gasteiger charge is -2.34. The molecule has 1 aliphatic rings. The molecule has 2 amide bonds. The SMILES string of the molecule is CCOc1ccc(C(=O)OCC(=O)N2CCN(CC(=O)Nc3c(C)cccc3C)CC2)cc1OCC. The number of carbonyl (C=O) groups is 3. The Morgan fingerprint density at radius 1 is 0.889 bits per heavy atom. The summed E-state index contributed by atoms with van der Waals surface area (Å²) in [5.41, 5.74) is 3.17. The average Bonchev–Trinajstić information content (AvgIpc) is 2.86. The van der Waals surface area contributed by atoms with Crippen LogP contribution in [0.5, 0.6) is 11.5 Å². The van der Waals surface area contributed by atoms with Gasteiger partial charge in [0.05, 0.1) is 25.3 Å². The third-order valence-corrected chi connectivity index (χ3v) is 5.94. The van der Waals surface area contributed by atoms with Crippen LogP contribution < -0.4 is 14.8 Å². The van der Waals surface area contributed by atoms with E-state index < -0.39 is 5.97 Å². The standard InChI is InChI=1S/C27H35N3O6/c1-5-34-22-11-10-21(16-23(22)35-6-2)27(33)36-18-25(32)30-14-12-29(13-15-30)17-24(31)28-26-19(3)8-7-9-20(26)4/h7-11,16H,5-6,12-15,17-18H2,1-4H3,(H,28,31). The molecule has 9 nitrogen and oxygen atoms in total. The number of hydrogen-bond acceptors (Lipinski definition) is 7. The highest BCUT2D eigenvalue weighted by atomic mass is 16.5. The Morgan fingerprint density at radius 3 is 2.17 bits per heavy atom. The predicted octanol–water partition coefficient (Wildman–Crippen LogP) is 3.04. The van der Waals surface area contributed by atoms with E-state index in [0.29, 0.717) is 50.9 Å². The second-order valence-electron chi connectivity index (χ2n) is 8.58. The van der Waals surface area contributed by atoms with Crippen LogP contribution in [0, 0.1) is 13.8 Å². The molecule has 36 heavy (non-hydrogen) atoms. The van der Waals surface area contributed by atoms with Gasteiger partial charge in [0.15, 0.2) is 18.1 Å². The molecule has 0 atom stereocenters. The number of amides is 2. The highest BCUT2D eigenvalue weighted by Gasteiger charge is 2.24. The minimum Gasteiger partial charge on any atom is -0.490 e. The summed E-state index contributed by atoms with van der Waals surface area (Å²) in [6.07, 6.45) is 0. The Hall–Kier alpha value is -3.59. The molecule has 0 unspecified atom stereocenters. The van der Waals surface area contributed by atoms with Crippen LogP contribution in [0.25, 0.3) is 0 Å². The topological polar surface area (TPSA) is 97.4 Å². The molecule has 0 spiro atoms. The molecule has 1 aliphatic heterocycles. The third-order valence-electron chi connectivity index (χ3n) is 5.94. The van der Waals surface area contributed by atoms with Crippen molar-refractivity contribution in [2.45, 2.75) is 27.7 Å². The van der Waals surface area contributed by atoms with Crippen LogP contribution in [0.4, 0.5) is 5.69 Å². The van der Waals surface area contributed by atoms with E-state index >= 15 is 0 Å². The zero-order chi connectivity index (χ0) is 26.1. The second-order valence-corrected chi connectivity index (χ2v) is 8.58. The Labute approximate surface area is 212 Å². The molecule has 0 aromatic heterocycles. The zero-order valence-corrected chi connectivity index (χ0v) is 21.5. The van der Waals surface area contributed by atoms with Crippen molar-refractivity contribution in [3.05, 3.63) is 53.1 Å². The summed E-state index contributed by atoms with van der Waals surface area (Å²) in [4.78, 5) is 41.3. The van der Waals surface area contributed by atoms with Crippen LogP contribution in [0.1, 0.15) is 35.3 Å². The maximum Gasteiger partial charge on any atom is 0.338 e. The minimum atomic E-state index is -0.603. The largest absolute Gasteiger partial charge is 0.490 e. The maximum atomic E-state index is 12.6. The number of esters is 1. The number of nitrogens with one attached hydrogen (secondary N) is 1. The van der Waals surface area contributed by atoms with Crippen LogP contribution in [-0.2, 0) is 14.3 Å². The number of rotatable bonds is 10. The fourth-order valence-corrected chi connectivity index (χ4v) is 4.03. The number of anilines is 1. The van der Waals surface area contributed by atoms with E-state index in [1.54, 1.807) is 23.1 Å². The summed E-state index contributed by atoms with van der Waals surface area (Å²) in [5.74, 6) is 0.0569. The van der Waals surface area contributed by atoms with Gasteiger partial charge in [-0.2, -0.15) is 0 Å². The summed E-state index contributed by atoms with van der Waals surface area (Å²) < 4.78 is 16.3. The first-order chi connectivity index (χ1) is 17.3. The highest BCUT2D eigenvalue weighted by Crippen LogP contribution is 2.29. The van der Waals surface area contributed by atoms with Gasteiger partial charge in [-0.1, -0.05) is 18.2 Å². The monoisotopic (exact) mass is 497 g/mol. The molecular formula is C27H35N3O6. The van der Waals surface area contributed by atoms with Crippen molar-refractivity contribution in [1.82, 2.24) is 9.80 Å². The molecule has 0 aliphatic carbocycles. The van der Waals surface area contributed by atoms with E-state index in [4.69, 9.17) is 14.2 Å². The van der Waals surface area contributed by atoms with E-state index in [2.05, 4.69) is 5.32 Å². The molecule has 3 rings (SSSR count). The number of nitrogens with zero attached hydrogens (tertiary/aromatic N) is 2. The number of aryl methyl sites for hydroxylation is 2. The molecule has 1 fully saturated rings. The van der Waals surface area contributed by atoms with Gasteiger partial charge in [0.25, 0.3) is 5.91 Å². The fourth-order valence-electron chi connectivity index (χ4n) is 4.03. The molecule has 0 radical (unpaired) electrons. The summed E-state index contributed by atoms with van der Waals surface area (Å²) in [7, 11) is 0. The number of benzene rings is 2. The summed E-state index contributed by atoms with van der Waals surface area (Å²) >= 11 is 0. The quantitative estimate of drug-likeness (QED) is 0.504. The van der Waals surface area contributed by atoms with Gasteiger partial charge in [-0.05, 0) is 57.0 Å². The van der Waals surface area contributed by atoms with Crippen molar-refractivity contribution in [2.75, 3.05) is 57.9 Å². The smallest absolute Gasteiger partial charge is 0.338 e. The molecule has 1 N–H and O–H groups in total. The van der Waals surface area contributed by atoms with Gasteiger partial charge < -0.3 is 24.4 Å². The average molecular weight is 498 g/mol. The first-order valence-electron chi connectivity index (χ1n) is 12.2. The van der Waals surface area contributed by atoms with Gasteiger partial charge in [0, 0.05) is 31.9 Å². The molecule has 194 valence electrons. The lowest BCUT2D eigenvalue weighted by molar-refractivity contribution is -0.136. The van der Waals surface area contributed by atoms with Crippen molar-refractivity contribution >= 4 is 23.5 Å². The molecule has 1 heterocycles. The minimum absolute atomic E-state index is 0.0807. The van der Waals surface area contributed by atoms with Crippen molar-refractivity contribution in [3.63, 3.8) is 0 Å². The van der Waals surface area contributed by atoms with Gasteiger partial charge >= 0.3 is 5.97 Å². The van der Waals surface area contributed by atoms with Gasteiger partial charge in [-0.15, -0.1) is 0 Å². The van der Waals surface area contributed by atoms with Gasteiger partial charge in [-0.25, -0.2) is 4.79 Å². The van der Waals surface area contributed by atoms with E-state index in [9.17, 15) is 14.4 Å². The lowest BCUT2D eigenvalue weighted by atomic mass is 10.1. The van der Waals surface area contributed by atoms with Crippen LogP contribution in [0.2, 0.25) is 0 Å². The third kappa shape index (κ3) is 7.21. The van der Waals surface area contributed by atoms with Crippen molar-refractivity contribution in [1.29, 1.82) is 0 Å². The number of hydrogen-bond donors (Lipinski definition) is 1. The van der Waals surface area contributed by atoms with E-state index in [1.807, 2.05) is 50.8 Å². The molecule has 0 bridgehead atoms. The summed E-state index contributed by atoms with van der Waals surface area (Å²) in [6, 6.07) is 10.7. The first kappa shape index (κ1) is 27.0. The summed E-state index contributed by atoms with van der Waals surface area (Å²) in [5, 5.41) is 2.99. The van der Waals surface area contributed by atoms with Gasteiger partial charge in [0.1, 0.15) is 0 Å². The summed E-state index contributed by atoms with van der Waals surface area (Å²) in [6.45, 7) is 10.5. The molecule has 1 saturated heterocycles.